The first-order valence-electron chi connectivity index (χ1n) is 10.4. The zero-order chi connectivity index (χ0) is 23.6. The minimum Gasteiger partial charge on any atom is -0.394 e. The van der Waals surface area contributed by atoms with Crippen molar-refractivity contribution in [2.24, 2.45) is 0 Å². The van der Waals surface area contributed by atoms with Crippen LogP contribution >= 0.6 is 0 Å². The Morgan fingerprint density at radius 1 is 1.12 bits per heavy atom. The highest BCUT2D eigenvalue weighted by atomic mass is 32.2. The average Bonchev–Trinajstić information content (AvgIpc) is 3.13. The molecule has 0 saturated carbocycles. The Hall–Kier alpha value is -2.45. The van der Waals surface area contributed by atoms with Crippen molar-refractivity contribution in [1.82, 2.24) is 4.31 Å². The second-order valence-corrected chi connectivity index (χ2v) is 9.70. The number of ether oxygens (including phenoxy) is 2. The van der Waals surface area contributed by atoms with Crippen molar-refractivity contribution >= 4 is 21.6 Å². The van der Waals surface area contributed by atoms with Crippen molar-refractivity contribution in [2.45, 2.75) is 29.4 Å². The van der Waals surface area contributed by atoms with Gasteiger partial charge in [-0.1, -0.05) is 0 Å². The molecule has 2 fully saturated rings. The summed E-state index contributed by atoms with van der Waals surface area (Å²) in [5, 5.41) is 32.1. The smallest absolute Gasteiger partial charge is 0.292 e. The molecule has 0 bridgehead atoms. The van der Waals surface area contributed by atoms with Gasteiger partial charge in [-0.05, 0) is 30.3 Å². The molecule has 2 aliphatic rings. The number of benzene rings is 1. The van der Waals surface area contributed by atoms with E-state index >= 15 is 0 Å². The molecule has 2 saturated heterocycles. The molecule has 1 aromatic heterocycles. The lowest BCUT2D eigenvalue weighted by atomic mass is 10.1. The van der Waals surface area contributed by atoms with Crippen LogP contribution in [-0.2, 0) is 19.5 Å². The Kier molecular flexibility index (Phi) is 7.05. The summed E-state index contributed by atoms with van der Waals surface area (Å²) in [5.74, 6) is -0.458. The van der Waals surface area contributed by atoms with Gasteiger partial charge in [-0.15, -0.1) is 0 Å². The molecular formula is C21H26N3O8S+. The lowest BCUT2D eigenvalue weighted by Crippen LogP contribution is -2.46. The molecule has 4 atom stereocenters. The number of rotatable bonds is 6. The molecule has 0 radical (unpaired) electrons. The van der Waals surface area contributed by atoms with E-state index in [1.54, 1.807) is 18.3 Å². The number of carbonyl (C=O) groups is 1. The number of pyridine rings is 1. The van der Waals surface area contributed by atoms with E-state index in [4.69, 9.17) is 9.47 Å². The summed E-state index contributed by atoms with van der Waals surface area (Å²) in [7, 11) is -3.63. The number of hydrogen-bond acceptors (Lipinski definition) is 8. The van der Waals surface area contributed by atoms with Gasteiger partial charge in [0.1, 0.15) is 17.8 Å². The van der Waals surface area contributed by atoms with E-state index in [2.05, 4.69) is 5.32 Å². The standard InChI is InChI=1S/C21H25N3O8S/c25-13-17-18(26)19(27)21(32-17)23-7-1-2-14(12-23)20(28)22-15-3-5-16(6-4-15)33(29,30)24-8-10-31-11-9-24/h1-7,12,17-19,21,25-27H,8-11,13H2/p+1/t17-,18-,19-,21-/m1/s1. The summed E-state index contributed by atoms with van der Waals surface area (Å²) >= 11 is 0. The Morgan fingerprint density at radius 3 is 2.45 bits per heavy atom. The Bertz CT molecular complexity index is 1090. The van der Waals surface area contributed by atoms with Crippen molar-refractivity contribution in [3.63, 3.8) is 0 Å². The normalized spacial score (nSPS) is 26.3. The predicted octanol–water partition coefficient (Wildman–Crippen LogP) is -1.14. The third kappa shape index (κ3) is 4.92. The number of aromatic nitrogens is 1. The van der Waals surface area contributed by atoms with Crippen LogP contribution in [-0.4, -0.2) is 85.2 Å². The Morgan fingerprint density at radius 2 is 1.82 bits per heavy atom. The summed E-state index contributed by atoms with van der Waals surface area (Å²) in [4.78, 5) is 12.8. The highest BCUT2D eigenvalue weighted by Crippen LogP contribution is 2.25. The zero-order valence-electron chi connectivity index (χ0n) is 17.6. The molecule has 178 valence electrons. The van der Waals surface area contributed by atoms with Crippen LogP contribution in [0.25, 0.3) is 0 Å². The number of anilines is 1. The molecule has 33 heavy (non-hydrogen) atoms. The van der Waals surface area contributed by atoms with E-state index in [-0.39, 0.29) is 10.5 Å². The first kappa shape index (κ1) is 23.7. The molecule has 12 heteroatoms. The SMILES string of the molecule is O=C(Nc1ccc(S(=O)(=O)N2CCOCC2)cc1)c1ccc[n+]([C@@H]2O[C@H](CO)[C@@H](O)[C@H]2O)c1. The van der Waals surface area contributed by atoms with Crippen molar-refractivity contribution in [3.05, 3.63) is 54.4 Å². The van der Waals surface area contributed by atoms with Gasteiger partial charge in [-0.2, -0.15) is 8.87 Å². The van der Waals surface area contributed by atoms with Crippen LogP contribution in [0.2, 0.25) is 0 Å². The summed E-state index contributed by atoms with van der Waals surface area (Å²) in [6.07, 6.45) is -1.39. The first-order chi connectivity index (χ1) is 15.8. The van der Waals surface area contributed by atoms with Crippen LogP contribution in [0, 0.1) is 0 Å². The summed E-state index contributed by atoms with van der Waals surface area (Å²) in [5.41, 5.74) is 0.657. The van der Waals surface area contributed by atoms with E-state index in [0.717, 1.165) is 0 Å². The van der Waals surface area contributed by atoms with Gasteiger partial charge in [0.15, 0.2) is 18.5 Å². The first-order valence-corrected chi connectivity index (χ1v) is 11.9. The maximum Gasteiger partial charge on any atom is 0.292 e. The lowest BCUT2D eigenvalue weighted by molar-refractivity contribution is -0.765. The topological polar surface area (TPSA) is 150 Å². The van der Waals surface area contributed by atoms with Crippen LogP contribution in [0.4, 0.5) is 5.69 Å². The highest BCUT2D eigenvalue weighted by Gasteiger charge is 2.48. The van der Waals surface area contributed by atoms with Crippen LogP contribution in [0.3, 0.4) is 0 Å². The Balaban J connectivity index is 1.45. The van der Waals surface area contributed by atoms with Gasteiger partial charge >= 0.3 is 0 Å². The molecule has 1 amide bonds. The number of nitrogens with zero attached hydrogens (tertiary/aromatic N) is 2. The average molecular weight is 481 g/mol. The van der Waals surface area contributed by atoms with E-state index in [0.29, 0.717) is 32.0 Å². The van der Waals surface area contributed by atoms with Crippen molar-refractivity contribution < 1.29 is 42.6 Å². The number of aliphatic hydroxyl groups excluding tert-OH is 3. The molecule has 0 aliphatic carbocycles. The fourth-order valence-corrected chi connectivity index (χ4v) is 5.17. The molecule has 4 N–H and O–H groups in total. The van der Waals surface area contributed by atoms with Crippen molar-refractivity contribution in [2.75, 3.05) is 38.2 Å². The van der Waals surface area contributed by atoms with E-state index in [1.807, 2.05) is 0 Å². The Labute approximate surface area is 190 Å². The van der Waals surface area contributed by atoms with Gasteiger partial charge < -0.3 is 30.1 Å². The molecule has 1 aromatic carbocycles. The fourth-order valence-electron chi connectivity index (χ4n) is 3.76. The maximum atomic E-state index is 12.7. The summed E-state index contributed by atoms with van der Waals surface area (Å²) < 4.78 is 38.9. The maximum absolute atomic E-state index is 12.7. The van der Waals surface area contributed by atoms with E-state index in [9.17, 15) is 28.5 Å². The number of carbonyl (C=O) groups excluding carboxylic acids is 1. The second kappa shape index (κ2) is 9.81. The third-order valence-electron chi connectivity index (χ3n) is 5.62. The number of hydrogen-bond donors (Lipinski definition) is 4. The van der Waals surface area contributed by atoms with Gasteiger partial charge in [0, 0.05) is 24.8 Å². The number of amides is 1. The van der Waals surface area contributed by atoms with Gasteiger partial charge in [0.25, 0.3) is 12.1 Å². The lowest BCUT2D eigenvalue weighted by Gasteiger charge is -2.26. The number of aliphatic hydroxyl groups is 3. The van der Waals surface area contributed by atoms with Crippen LogP contribution in [0.5, 0.6) is 0 Å². The largest absolute Gasteiger partial charge is 0.394 e. The fraction of sp³-hybridized carbons (Fsp3) is 0.429. The summed E-state index contributed by atoms with van der Waals surface area (Å²) in [6.45, 7) is 0.849. The van der Waals surface area contributed by atoms with Crippen LogP contribution in [0.15, 0.2) is 53.7 Å². The zero-order valence-corrected chi connectivity index (χ0v) is 18.5. The molecule has 3 heterocycles. The molecule has 2 aromatic rings. The molecule has 0 unspecified atom stereocenters. The molecule has 11 nitrogen and oxygen atoms in total. The minimum atomic E-state index is -3.63. The molecular weight excluding hydrogens is 454 g/mol. The number of nitrogens with one attached hydrogen (secondary N) is 1. The second-order valence-electron chi connectivity index (χ2n) is 7.76. The predicted molar refractivity (Wildman–Crippen MR) is 114 cm³/mol. The van der Waals surface area contributed by atoms with Gasteiger partial charge in [-0.25, -0.2) is 8.42 Å². The molecule has 0 spiro atoms. The van der Waals surface area contributed by atoms with Crippen molar-refractivity contribution in [3.8, 4) is 0 Å². The number of morpholine rings is 1. The number of sulfonamides is 1. The van der Waals surface area contributed by atoms with Gasteiger partial charge in [0.05, 0.1) is 24.7 Å². The van der Waals surface area contributed by atoms with E-state index in [1.165, 1.54) is 39.3 Å². The van der Waals surface area contributed by atoms with E-state index < -0.39 is 47.1 Å². The molecule has 2 aliphatic heterocycles. The van der Waals surface area contributed by atoms with Crippen LogP contribution in [0.1, 0.15) is 16.6 Å². The minimum absolute atomic E-state index is 0.129. The quantitative estimate of drug-likeness (QED) is 0.379. The van der Waals surface area contributed by atoms with Gasteiger partial charge in [0.2, 0.25) is 10.0 Å². The molecule has 4 rings (SSSR count). The van der Waals surface area contributed by atoms with Crippen molar-refractivity contribution in [1.29, 1.82) is 0 Å². The third-order valence-corrected chi connectivity index (χ3v) is 7.53. The monoisotopic (exact) mass is 480 g/mol. The summed E-state index contributed by atoms with van der Waals surface area (Å²) in [6, 6.07) is 9.03. The van der Waals surface area contributed by atoms with Gasteiger partial charge in [-0.3, -0.25) is 4.79 Å². The highest BCUT2D eigenvalue weighted by molar-refractivity contribution is 7.89. The van der Waals surface area contributed by atoms with Crippen LogP contribution < -0.4 is 9.88 Å².